The van der Waals surface area contributed by atoms with Gasteiger partial charge in [-0.2, -0.15) is 0 Å². The van der Waals surface area contributed by atoms with E-state index in [2.05, 4.69) is 26.2 Å². The highest BCUT2D eigenvalue weighted by molar-refractivity contribution is 9.10. The van der Waals surface area contributed by atoms with E-state index in [-0.39, 0.29) is 19.6 Å². The number of nitrogens with two attached hydrogens (primary N) is 1. The normalized spacial score (nSPS) is 15.6. The van der Waals surface area contributed by atoms with Crippen LogP contribution in [0.2, 0.25) is 0 Å². The van der Waals surface area contributed by atoms with Gasteiger partial charge in [-0.15, -0.1) is 0 Å². The summed E-state index contributed by atoms with van der Waals surface area (Å²) in [4.78, 5) is 44.2. The van der Waals surface area contributed by atoms with Gasteiger partial charge in [0.25, 0.3) is 0 Å². The molecule has 2 atom stereocenters. The Morgan fingerprint density at radius 3 is 2.49 bits per heavy atom. The summed E-state index contributed by atoms with van der Waals surface area (Å²) in [5.74, 6) is -1.15. The number of carbonyl (C=O) groups excluding carboxylic acids is 3. The molecule has 0 spiro atoms. The molecule has 0 unspecified atom stereocenters. The van der Waals surface area contributed by atoms with E-state index in [1.165, 1.54) is 4.90 Å². The van der Waals surface area contributed by atoms with Crippen LogP contribution < -0.4 is 11.1 Å². The first-order valence-electron chi connectivity index (χ1n) is 11.2. The maximum atomic E-state index is 13.4. The van der Waals surface area contributed by atoms with Gasteiger partial charge in [-0.05, 0) is 44.3 Å². The number of hydrogen-bond acceptors (Lipinski definition) is 5. The van der Waals surface area contributed by atoms with Crippen LogP contribution in [0.3, 0.4) is 0 Å². The monoisotopic (exact) mass is 536 g/mol. The second-order valence-electron chi connectivity index (χ2n) is 8.28. The minimum absolute atomic E-state index is 0.0884. The molecular weight excluding hydrogens is 512 g/mol. The van der Waals surface area contributed by atoms with Crippen LogP contribution in [0.4, 0.5) is 4.79 Å². The molecule has 2 aromatic carbocycles. The van der Waals surface area contributed by atoms with Crippen molar-refractivity contribution in [3.05, 3.63) is 99.8 Å². The van der Waals surface area contributed by atoms with Crippen LogP contribution in [-0.4, -0.2) is 39.9 Å². The van der Waals surface area contributed by atoms with Crippen molar-refractivity contribution in [3.63, 3.8) is 0 Å². The topological polar surface area (TPSA) is 115 Å². The zero-order valence-electron chi connectivity index (χ0n) is 18.9. The molecule has 0 radical (unpaired) electrons. The third-order valence-electron chi connectivity index (χ3n) is 5.91. The van der Waals surface area contributed by atoms with Crippen molar-refractivity contribution in [2.75, 3.05) is 0 Å². The lowest BCUT2D eigenvalue weighted by atomic mass is 9.93. The number of ether oxygens (including phenoxy) is 1. The predicted octanol–water partition coefficient (Wildman–Crippen LogP) is 3.12. The van der Waals surface area contributed by atoms with E-state index in [1.54, 1.807) is 18.3 Å². The molecule has 0 bridgehead atoms. The molecule has 0 fully saturated rings. The number of amides is 3. The number of halogens is 1. The highest BCUT2D eigenvalue weighted by Crippen LogP contribution is 2.25. The zero-order chi connectivity index (χ0) is 24.8. The maximum absolute atomic E-state index is 13.4. The van der Waals surface area contributed by atoms with Gasteiger partial charge in [-0.25, -0.2) is 9.78 Å². The number of benzene rings is 2. The molecule has 180 valence electrons. The fourth-order valence-corrected chi connectivity index (χ4v) is 4.45. The minimum Gasteiger partial charge on any atom is -0.445 e. The zero-order valence-corrected chi connectivity index (χ0v) is 20.5. The van der Waals surface area contributed by atoms with Gasteiger partial charge in [0, 0.05) is 19.0 Å². The van der Waals surface area contributed by atoms with Crippen LogP contribution in [0.15, 0.2) is 77.5 Å². The van der Waals surface area contributed by atoms with Crippen LogP contribution in [0, 0.1) is 0 Å². The van der Waals surface area contributed by atoms with Gasteiger partial charge in [0.2, 0.25) is 11.8 Å². The number of rotatable bonds is 7. The fourth-order valence-electron chi connectivity index (χ4n) is 4.03. The summed E-state index contributed by atoms with van der Waals surface area (Å²) in [6.45, 7) is 0.308. The Kier molecular flexibility index (Phi) is 7.77. The van der Waals surface area contributed by atoms with Gasteiger partial charge in [-0.1, -0.05) is 60.7 Å². The molecule has 1 aliphatic rings. The summed E-state index contributed by atoms with van der Waals surface area (Å²) in [5, 5.41) is 2.74. The van der Waals surface area contributed by atoms with Gasteiger partial charge in [0.1, 0.15) is 23.3 Å². The molecule has 0 aliphatic carbocycles. The third-order valence-corrected chi connectivity index (χ3v) is 6.63. The van der Waals surface area contributed by atoms with E-state index in [0.29, 0.717) is 11.0 Å². The minimum atomic E-state index is -0.970. The molecular formula is C26H25BrN4O4. The summed E-state index contributed by atoms with van der Waals surface area (Å²) < 4.78 is 6.10. The standard InChI is InChI=1S/C26H25BrN4O4/c27-23-19(11-6-12-29-23)13-21(24(28)32)30-25(33)22-14-18-9-4-5-10-20(18)15-31(22)26(34)35-16-17-7-2-1-3-8-17/h1-12,21-22H,13-16H2,(H2,28,32)(H,30,33)/t21-,22-/m0/s1. The largest absolute Gasteiger partial charge is 0.445 e. The molecule has 2 heterocycles. The van der Waals surface area contributed by atoms with E-state index in [9.17, 15) is 14.4 Å². The SMILES string of the molecule is NC(=O)[C@H](Cc1cccnc1Br)NC(=O)[C@@H]1Cc2ccccc2CN1C(=O)OCc1ccccc1. The molecule has 1 aromatic heterocycles. The smallest absolute Gasteiger partial charge is 0.411 e. The molecule has 3 aromatic rings. The van der Waals surface area contributed by atoms with Gasteiger partial charge in [0.05, 0.1) is 6.54 Å². The lowest BCUT2D eigenvalue weighted by Gasteiger charge is -2.35. The van der Waals surface area contributed by atoms with Crippen LogP contribution in [0.1, 0.15) is 22.3 Å². The second-order valence-corrected chi connectivity index (χ2v) is 9.03. The van der Waals surface area contributed by atoms with Gasteiger partial charge >= 0.3 is 6.09 Å². The number of aromatic nitrogens is 1. The number of fused-ring (bicyclic) bond motifs is 1. The Bertz CT molecular complexity index is 1220. The van der Waals surface area contributed by atoms with Crippen molar-refractivity contribution in [3.8, 4) is 0 Å². The van der Waals surface area contributed by atoms with Crippen molar-refractivity contribution in [2.24, 2.45) is 5.73 Å². The Labute approximate surface area is 211 Å². The summed E-state index contributed by atoms with van der Waals surface area (Å²) in [6, 6.07) is 18.7. The van der Waals surface area contributed by atoms with Crippen molar-refractivity contribution in [1.29, 1.82) is 0 Å². The second kappa shape index (κ2) is 11.1. The van der Waals surface area contributed by atoms with Gasteiger partial charge in [0.15, 0.2) is 0 Å². The lowest BCUT2D eigenvalue weighted by Crippen LogP contribution is -2.56. The van der Waals surface area contributed by atoms with E-state index in [1.807, 2.05) is 54.6 Å². The molecule has 8 nitrogen and oxygen atoms in total. The number of primary amides is 1. The van der Waals surface area contributed by atoms with Crippen molar-refractivity contribution in [2.45, 2.75) is 38.1 Å². The highest BCUT2D eigenvalue weighted by atomic mass is 79.9. The first-order valence-corrected chi connectivity index (χ1v) is 11.9. The number of hydrogen-bond donors (Lipinski definition) is 2. The molecule has 1 aliphatic heterocycles. The van der Waals surface area contributed by atoms with Crippen molar-refractivity contribution < 1.29 is 19.1 Å². The van der Waals surface area contributed by atoms with Crippen LogP contribution in [0.25, 0.3) is 0 Å². The molecule has 0 saturated carbocycles. The fraction of sp³-hybridized carbons (Fsp3) is 0.231. The molecule has 4 rings (SSSR count). The molecule has 9 heteroatoms. The third kappa shape index (κ3) is 6.05. The van der Waals surface area contributed by atoms with E-state index in [0.717, 1.165) is 22.3 Å². The van der Waals surface area contributed by atoms with E-state index >= 15 is 0 Å². The summed E-state index contributed by atoms with van der Waals surface area (Å²) in [5.41, 5.74) is 9.08. The Balaban J connectivity index is 1.52. The quantitative estimate of drug-likeness (QED) is 0.450. The van der Waals surface area contributed by atoms with Crippen molar-refractivity contribution in [1.82, 2.24) is 15.2 Å². The van der Waals surface area contributed by atoms with Crippen LogP contribution in [0.5, 0.6) is 0 Å². The Morgan fingerprint density at radius 1 is 1.06 bits per heavy atom. The Hall–Kier alpha value is -3.72. The maximum Gasteiger partial charge on any atom is 0.411 e. The number of nitrogens with zero attached hydrogens (tertiary/aromatic N) is 2. The van der Waals surface area contributed by atoms with Gasteiger partial charge < -0.3 is 15.8 Å². The average molecular weight is 537 g/mol. The van der Waals surface area contributed by atoms with Crippen LogP contribution >= 0.6 is 15.9 Å². The molecule has 35 heavy (non-hydrogen) atoms. The number of pyridine rings is 1. The average Bonchev–Trinajstić information content (AvgIpc) is 2.87. The van der Waals surface area contributed by atoms with Gasteiger partial charge in [-0.3, -0.25) is 14.5 Å². The van der Waals surface area contributed by atoms with E-state index in [4.69, 9.17) is 10.5 Å². The summed E-state index contributed by atoms with van der Waals surface area (Å²) in [7, 11) is 0. The first kappa shape index (κ1) is 24.4. The molecule has 0 saturated heterocycles. The van der Waals surface area contributed by atoms with Crippen LogP contribution in [-0.2, 0) is 40.3 Å². The highest BCUT2D eigenvalue weighted by Gasteiger charge is 2.37. The Morgan fingerprint density at radius 2 is 1.77 bits per heavy atom. The predicted molar refractivity (Wildman–Crippen MR) is 133 cm³/mol. The molecule has 3 amide bonds. The number of carbonyl (C=O) groups is 3. The summed E-state index contributed by atoms with van der Waals surface area (Å²) in [6.07, 6.45) is 1.47. The number of nitrogens with one attached hydrogen (secondary N) is 1. The van der Waals surface area contributed by atoms with E-state index < -0.39 is 30.0 Å². The molecule has 3 N–H and O–H groups in total. The van der Waals surface area contributed by atoms with Crippen molar-refractivity contribution >= 4 is 33.8 Å². The summed E-state index contributed by atoms with van der Waals surface area (Å²) >= 11 is 3.35. The lowest BCUT2D eigenvalue weighted by molar-refractivity contribution is -0.131. The first-order chi connectivity index (χ1) is 16.9.